The Labute approximate surface area is 131 Å². The zero-order valence-corrected chi connectivity index (χ0v) is 13.7. The number of nitrogens with zero attached hydrogens (tertiary/aromatic N) is 1. The van der Waals surface area contributed by atoms with E-state index in [9.17, 15) is 14.7 Å². The first-order valence-electron chi connectivity index (χ1n) is 8.12. The van der Waals surface area contributed by atoms with Gasteiger partial charge in [0, 0.05) is 19.7 Å². The third-order valence-corrected chi connectivity index (χ3v) is 5.05. The van der Waals surface area contributed by atoms with Crippen LogP contribution in [-0.2, 0) is 19.1 Å². The van der Waals surface area contributed by atoms with Gasteiger partial charge in [-0.25, -0.2) is 0 Å². The summed E-state index contributed by atoms with van der Waals surface area (Å²) >= 11 is 0. The fourth-order valence-electron chi connectivity index (χ4n) is 3.27. The van der Waals surface area contributed by atoms with Gasteiger partial charge in [0.05, 0.1) is 18.1 Å². The second kappa shape index (κ2) is 6.96. The van der Waals surface area contributed by atoms with Gasteiger partial charge in [0.15, 0.2) is 0 Å². The number of ether oxygens (including phenoxy) is 2. The Morgan fingerprint density at radius 1 is 1.41 bits per heavy atom. The molecule has 22 heavy (non-hydrogen) atoms. The Balaban J connectivity index is 1.88. The highest BCUT2D eigenvalue weighted by molar-refractivity contribution is 5.83. The summed E-state index contributed by atoms with van der Waals surface area (Å²) < 4.78 is 11.1. The average molecular weight is 313 g/mol. The van der Waals surface area contributed by atoms with Crippen molar-refractivity contribution in [3.8, 4) is 0 Å². The summed E-state index contributed by atoms with van der Waals surface area (Å²) in [6.45, 7) is 7.47. The predicted octanol–water partition coefficient (Wildman–Crippen LogP) is 1.53. The molecule has 2 saturated heterocycles. The Morgan fingerprint density at radius 2 is 2.14 bits per heavy atom. The molecule has 0 aromatic rings. The van der Waals surface area contributed by atoms with Crippen LogP contribution in [0.5, 0.6) is 0 Å². The van der Waals surface area contributed by atoms with E-state index in [4.69, 9.17) is 9.47 Å². The van der Waals surface area contributed by atoms with Gasteiger partial charge >= 0.3 is 5.97 Å². The maximum absolute atomic E-state index is 12.5. The lowest BCUT2D eigenvalue weighted by molar-refractivity contribution is -0.152. The van der Waals surface area contributed by atoms with E-state index in [0.717, 1.165) is 19.4 Å². The smallest absolute Gasteiger partial charge is 0.311 e. The number of carbonyl (C=O) groups is 2. The molecule has 0 spiro atoms. The molecule has 2 rings (SSSR count). The Hall–Kier alpha value is -1.14. The molecule has 0 radical (unpaired) electrons. The van der Waals surface area contributed by atoms with E-state index in [-0.39, 0.29) is 24.5 Å². The van der Waals surface area contributed by atoms with Crippen molar-refractivity contribution in [1.29, 1.82) is 0 Å². The van der Waals surface area contributed by atoms with Crippen LogP contribution in [0.15, 0.2) is 0 Å². The lowest BCUT2D eigenvalue weighted by Crippen LogP contribution is -2.43. The summed E-state index contributed by atoms with van der Waals surface area (Å²) in [7, 11) is 0. The van der Waals surface area contributed by atoms with E-state index in [1.54, 1.807) is 11.8 Å². The highest BCUT2D eigenvalue weighted by Gasteiger charge is 2.49. The normalized spacial score (nSPS) is 30.0. The van der Waals surface area contributed by atoms with Crippen molar-refractivity contribution in [3.05, 3.63) is 0 Å². The molecule has 2 heterocycles. The molecule has 0 aromatic heterocycles. The van der Waals surface area contributed by atoms with Crippen molar-refractivity contribution >= 4 is 11.9 Å². The standard InChI is InChI=1S/C16H27NO5/c1-11(2)16(15(19)20)6-7-17(10-16)14(18)12(3)22-9-13-5-4-8-21-13/h11-13H,4-10H2,1-3H3,(H,19,20). The maximum atomic E-state index is 12.5. The summed E-state index contributed by atoms with van der Waals surface area (Å²) in [4.78, 5) is 25.7. The summed E-state index contributed by atoms with van der Waals surface area (Å²) in [5, 5.41) is 9.53. The van der Waals surface area contributed by atoms with Crippen molar-refractivity contribution in [2.45, 2.75) is 52.2 Å². The number of likely N-dealkylation sites (tertiary alicyclic amines) is 1. The van der Waals surface area contributed by atoms with Crippen LogP contribution < -0.4 is 0 Å². The molecule has 2 aliphatic rings. The molecule has 2 aliphatic heterocycles. The molecule has 6 nitrogen and oxygen atoms in total. The monoisotopic (exact) mass is 313 g/mol. The van der Waals surface area contributed by atoms with Crippen LogP contribution in [0.3, 0.4) is 0 Å². The van der Waals surface area contributed by atoms with Gasteiger partial charge in [-0.2, -0.15) is 0 Å². The van der Waals surface area contributed by atoms with Gasteiger partial charge in [-0.15, -0.1) is 0 Å². The largest absolute Gasteiger partial charge is 0.481 e. The zero-order chi connectivity index (χ0) is 16.3. The number of carboxylic acid groups (broad SMARTS) is 1. The second-order valence-corrected chi connectivity index (χ2v) is 6.74. The second-order valence-electron chi connectivity index (χ2n) is 6.74. The van der Waals surface area contributed by atoms with Gasteiger partial charge in [0.1, 0.15) is 6.10 Å². The maximum Gasteiger partial charge on any atom is 0.311 e. The summed E-state index contributed by atoms with van der Waals surface area (Å²) in [6.07, 6.45) is 2.05. The molecular formula is C16H27NO5. The summed E-state index contributed by atoms with van der Waals surface area (Å²) in [5.74, 6) is -0.946. The first kappa shape index (κ1) is 17.2. The number of aliphatic carboxylic acids is 1. The SMILES string of the molecule is CC(OCC1CCCO1)C(=O)N1CCC(C(=O)O)(C(C)C)C1. The molecule has 3 atom stereocenters. The fourth-order valence-corrected chi connectivity index (χ4v) is 3.27. The van der Waals surface area contributed by atoms with Crippen LogP contribution in [0.4, 0.5) is 0 Å². The Bertz CT molecular complexity index is 419. The van der Waals surface area contributed by atoms with E-state index in [1.807, 2.05) is 13.8 Å². The van der Waals surface area contributed by atoms with E-state index in [2.05, 4.69) is 0 Å². The highest BCUT2D eigenvalue weighted by atomic mass is 16.5. The Morgan fingerprint density at radius 3 is 2.64 bits per heavy atom. The molecular weight excluding hydrogens is 286 g/mol. The van der Waals surface area contributed by atoms with Gasteiger partial charge in [-0.05, 0) is 32.1 Å². The van der Waals surface area contributed by atoms with Crippen LogP contribution in [0, 0.1) is 11.3 Å². The first-order chi connectivity index (χ1) is 10.4. The van der Waals surface area contributed by atoms with E-state index < -0.39 is 17.5 Å². The molecule has 3 unspecified atom stereocenters. The van der Waals surface area contributed by atoms with E-state index in [0.29, 0.717) is 19.6 Å². The van der Waals surface area contributed by atoms with Crippen molar-refractivity contribution in [3.63, 3.8) is 0 Å². The molecule has 1 amide bonds. The van der Waals surface area contributed by atoms with Gasteiger partial charge < -0.3 is 19.5 Å². The topological polar surface area (TPSA) is 76.1 Å². The number of hydrogen-bond acceptors (Lipinski definition) is 4. The minimum atomic E-state index is -0.829. The number of rotatable bonds is 6. The number of hydrogen-bond donors (Lipinski definition) is 1. The summed E-state index contributed by atoms with van der Waals surface area (Å²) in [5.41, 5.74) is -0.829. The highest BCUT2D eigenvalue weighted by Crippen LogP contribution is 2.38. The van der Waals surface area contributed by atoms with Gasteiger partial charge in [0.2, 0.25) is 0 Å². The third-order valence-electron chi connectivity index (χ3n) is 5.05. The van der Waals surface area contributed by atoms with Crippen molar-refractivity contribution in [2.75, 3.05) is 26.3 Å². The van der Waals surface area contributed by atoms with Crippen LogP contribution >= 0.6 is 0 Å². The van der Waals surface area contributed by atoms with E-state index in [1.165, 1.54) is 0 Å². The number of carboxylic acids is 1. The zero-order valence-electron chi connectivity index (χ0n) is 13.7. The van der Waals surface area contributed by atoms with Crippen LogP contribution in [0.25, 0.3) is 0 Å². The van der Waals surface area contributed by atoms with Gasteiger partial charge in [-0.1, -0.05) is 13.8 Å². The van der Waals surface area contributed by atoms with Crippen molar-refractivity contribution in [2.24, 2.45) is 11.3 Å². The van der Waals surface area contributed by atoms with Crippen molar-refractivity contribution < 1.29 is 24.2 Å². The van der Waals surface area contributed by atoms with Crippen LogP contribution in [-0.4, -0.2) is 60.4 Å². The minimum absolute atomic E-state index is 0.00841. The number of carbonyl (C=O) groups excluding carboxylic acids is 1. The fraction of sp³-hybridized carbons (Fsp3) is 0.875. The third kappa shape index (κ3) is 3.43. The molecule has 1 N–H and O–H groups in total. The molecule has 0 aliphatic carbocycles. The lowest BCUT2D eigenvalue weighted by atomic mass is 9.76. The van der Waals surface area contributed by atoms with Crippen molar-refractivity contribution in [1.82, 2.24) is 4.90 Å². The Kier molecular flexibility index (Phi) is 5.45. The first-order valence-corrected chi connectivity index (χ1v) is 8.12. The molecule has 0 bridgehead atoms. The van der Waals surface area contributed by atoms with Crippen LogP contribution in [0.1, 0.15) is 40.0 Å². The molecule has 0 aromatic carbocycles. The summed E-state index contributed by atoms with van der Waals surface area (Å²) in [6, 6.07) is 0. The van der Waals surface area contributed by atoms with Gasteiger partial charge in [0.25, 0.3) is 5.91 Å². The minimum Gasteiger partial charge on any atom is -0.481 e. The number of amides is 1. The van der Waals surface area contributed by atoms with Gasteiger partial charge in [-0.3, -0.25) is 9.59 Å². The van der Waals surface area contributed by atoms with Crippen LogP contribution in [0.2, 0.25) is 0 Å². The molecule has 2 fully saturated rings. The van der Waals surface area contributed by atoms with E-state index >= 15 is 0 Å². The quantitative estimate of drug-likeness (QED) is 0.805. The molecule has 126 valence electrons. The lowest BCUT2D eigenvalue weighted by Gasteiger charge is -2.29. The average Bonchev–Trinajstić information content (AvgIpc) is 3.13. The molecule has 0 saturated carbocycles. The predicted molar refractivity (Wildman–Crippen MR) is 80.5 cm³/mol. The molecule has 6 heteroatoms.